The molecule has 0 aliphatic carbocycles. The lowest BCUT2D eigenvalue weighted by Crippen LogP contribution is -2.46. The average molecular weight is 306 g/mol. The van der Waals surface area contributed by atoms with Gasteiger partial charge in [-0.3, -0.25) is 4.79 Å². The second kappa shape index (κ2) is 11.7. The van der Waals surface area contributed by atoms with Crippen LogP contribution in [0.2, 0.25) is 0 Å². The number of carbonyl (C=O) groups is 2. The Hall–Kier alpha value is -0.850. The summed E-state index contributed by atoms with van der Waals surface area (Å²) < 4.78 is 0. The quantitative estimate of drug-likeness (QED) is 0.472. The van der Waals surface area contributed by atoms with E-state index in [0.717, 1.165) is 6.29 Å². The van der Waals surface area contributed by atoms with E-state index >= 15 is 0 Å². The molecule has 4 radical (unpaired) electrons. The summed E-state index contributed by atoms with van der Waals surface area (Å²) in [6.45, 7) is 9.18. The lowest BCUT2D eigenvalue weighted by atomic mass is 10.1. The van der Waals surface area contributed by atoms with Gasteiger partial charge in [-0.15, -0.1) is 0 Å². The molecule has 2 saturated heterocycles. The van der Waals surface area contributed by atoms with Crippen LogP contribution in [0.3, 0.4) is 0 Å². The maximum Gasteiger partial charge on any atom is 0.237 e. The van der Waals surface area contributed by atoms with E-state index in [-0.39, 0.29) is 30.1 Å². The average Bonchev–Trinajstić information content (AvgIpc) is 3.17. The van der Waals surface area contributed by atoms with Crippen molar-refractivity contribution in [3.05, 3.63) is 0 Å². The zero-order chi connectivity index (χ0) is 17.1. The summed E-state index contributed by atoms with van der Waals surface area (Å²) in [6.07, 6.45) is 2.05. The third kappa shape index (κ3) is 6.10. The molecular formula is C14H28B2N4O2. The van der Waals surface area contributed by atoms with Gasteiger partial charge in [-0.05, 0) is 12.8 Å². The van der Waals surface area contributed by atoms with E-state index in [1.54, 1.807) is 0 Å². The minimum atomic E-state index is -0.301. The van der Waals surface area contributed by atoms with E-state index in [0.29, 0.717) is 25.9 Å². The summed E-state index contributed by atoms with van der Waals surface area (Å²) in [7, 11) is 11.0. The van der Waals surface area contributed by atoms with E-state index in [1.807, 2.05) is 27.7 Å². The van der Waals surface area contributed by atoms with E-state index in [1.165, 1.54) is 4.81 Å². The van der Waals surface area contributed by atoms with Gasteiger partial charge in [0.05, 0.1) is 12.1 Å². The maximum absolute atomic E-state index is 12.0. The Morgan fingerprint density at radius 1 is 1.23 bits per heavy atom. The van der Waals surface area contributed by atoms with Crippen molar-refractivity contribution in [1.82, 2.24) is 20.7 Å². The number of amides is 1. The lowest BCUT2D eigenvalue weighted by molar-refractivity contribution is -0.123. The largest absolute Gasteiger partial charge is 0.363 e. The first-order valence-corrected chi connectivity index (χ1v) is 8.10. The fourth-order valence-electron chi connectivity index (χ4n) is 2.49. The van der Waals surface area contributed by atoms with Crippen LogP contribution in [0, 0.1) is 0 Å². The molecule has 0 aromatic heterocycles. The first-order valence-electron chi connectivity index (χ1n) is 8.10. The Kier molecular flexibility index (Phi) is 11.2. The molecule has 122 valence electrons. The fraction of sp³-hybridized carbons (Fsp3) is 0.857. The number of nitrogens with zero attached hydrogens (tertiary/aromatic N) is 1. The van der Waals surface area contributed by atoms with Crippen molar-refractivity contribution in [2.24, 2.45) is 0 Å². The minimum Gasteiger partial charge on any atom is -0.363 e. The molecule has 2 fully saturated rings. The number of carbonyl (C=O) groups excluding carboxylic acids is 2. The van der Waals surface area contributed by atoms with Gasteiger partial charge in [0.25, 0.3) is 0 Å². The van der Waals surface area contributed by atoms with Crippen LogP contribution < -0.4 is 15.9 Å². The van der Waals surface area contributed by atoms with Crippen LogP contribution in [0.15, 0.2) is 0 Å². The Morgan fingerprint density at radius 3 is 2.32 bits per heavy atom. The highest BCUT2D eigenvalue weighted by Crippen LogP contribution is 2.14. The molecule has 0 saturated carbocycles. The van der Waals surface area contributed by atoms with Gasteiger partial charge in [0, 0.05) is 25.2 Å². The molecule has 2 aliphatic rings. The summed E-state index contributed by atoms with van der Waals surface area (Å²) in [5.41, 5.74) is 0. The molecular weight excluding hydrogens is 278 g/mol. The number of rotatable bonds is 4. The summed E-state index contributed by atoms with van der Waals surface area (Å²) in [6, 6.07) is -0.472. The highest BCUT2D eigenvalue weighted by atomic mass is 16.2. The zero-order valence-electron chi connectivity index (χ0n) is 14.1. The summed E-state index contributed by atoms with van der Waals surface area (Å²) in [5.74, 6) is -0.0577. The molecule has 4 atom stereocenters. The first kappa shape index (κ1) is 21.1. The summed E-state index contributed by atoms with van der Waals surface area (Å²) >= 11 is 0. The molecule has 22 heavy (non-hydrogen) atoms. The van der Waals surface area contributed by atoms with Crippen LogP contribution in [0.4, 0.5) is 0 Å². The second-order valence-electron chi connectivity index (χ2n) is 4.90. The third-order valence-corrected chi connectivity index (χ3v) is 3.57. The predicted molar refractivity (Wildman–Crippen MR) is 90.6 cm³/mol. The van der Waals surface area contributed by atoms with Gasteiger partial charge in [-0.25, -0.2) is 0 Å². The van der Waals surface area contributed by atoms with Gasteiger partial charge in [-0.2, -0.15) is 0 Å². The van der Waals surface area contributed by atoms with Crippen molar-refractivity contribution in [1.29, 1.82) is 0 Å². The third-order valence-electron chi connectivity index (χ3n) is 3.57. The van der Waals surface area contributed by atoms with Crippen LogP contribution in [0.5, 0.6) is 0 Å². The Labute approximate surface area is 137 Å². The summed E-state index contributed by atoms with van der Waals surface area (Å²) in [4.78, 5) is 24.2. The highest BCUT2D eigenvalue weighted by molar-refractivity contribution is 6.06. The SMILES string of the molecule is CC.CC.[B]NC1CNC(C(=O)NC2CC(C=O)N([B])C2)C1. The number of hydrogen-bond acceptors (Lipinski definition) is 5. The molecule has 0 aromatic rings. The van der Waals surface area contributed by atoms with Crippen LogP contribution in [-0.2, 0) is 9.59 Å². The van der Waals surface area contributed by atoms with E-state index in [2.05, 4.69) is 15.9 Å². The second-order valence-corrected chi connectivity index (χ2v) is 4.90. The van der Waals surface area contributed by atoms with Crippen molar-refractivity contribution in [2.75, 3.05) is 13.1 Å². The van der Waals surface area contributed by atoms with Crippen LogP contribution in [0.25, 0.3) is 0 Å². The van der Waals surface area contributed by atoms with Gasteiger partial charge in [0.2, 0.25) is 5.91 Å². The molecule has 2 heterocycles. The van der Waals surface area contributed by atoms with Gasteiger partial charge >= 0.3 is 0 Å². The van der Waals surface area contributed by atoms with Gasteiger partial charge in [0.1, 0.15) is 6.29 Å². The van der Waals surface area contributed by atoms with Crippen molar-refractivity contribution in [3.63, 3.8) is 0 Å². The normalized spacial score (nSPS) is 30.5. The van der Waals surface area contributed by atoms with Crippen molar-refractivity contribution < 1.29 is 9.59 Å². The topological polar surface area (TPSA) is 73.5 Å². The standard InChI is InChI=1S/C10H16B2N4O2.2C2H6/c11-15-6-2-9(13-3-6)10(18)14-7-1-8(5-17)16(12)4-7;2*1-2/h5-9,13,15H,1-4H2,(H,14,18);2*1-2H3. The number of aldehydes is 1. The monoisotopic (exact) mass is 306 g/mol. The van der Waals surface area contributed by atoms with Crippen LogP contribution in [0.1, 0.15) is 40.5 Å². The molecule has 1 amide bonds. The fourth-order valence-corrected chi connectivity index (χ4v) is 2.49. The van der Waals surface area contributed by atoms with Crippen molar-refractivity contribution >= 4 is 28.2 Å². The maximum atomic E-state index is 12.0. The molecule has 0 spiro atoms. The molecule has 2 aliphatic heterocycles. The first-order chi connectivity index (χ1) is 10.6. The molecule has 0 aromatic carbocycles. The van der Waals surface area contributed by atoms with Gasteiger partial charge < -0.3 is 25.5 Å². The van der Waals surface area contributed by atoms with Crippen molar-refractivity contribution in [3.8, 4) is 0 Å². The van der Waals surface area contributed by atoms with Gasteiger partial charge in [-0.1, -0.05) is 27.7 Å². The van der Waals surface area contributed by atoms with Crippen molar-refractivity contribution in [2.45, 2.75) is 64.7 Å². The molecule has 8 heteroatoms. The molecule has 4 unspecified atom stereocenters. The number of nitrogens with one attached hydrogen (secondary N) is 3. The summed E-state index contributed by atoms with van der Waals surface area (Å²) in [5, 5.41) is 8.66. The van der Waals surface area contributed by atoms with E-state index < -0.39 is 0 Å². The Morgan fingerprint density at radius 2 is 1.86 bits per heavy atom. The lowest BCUT2D eigenvalue weighted by Gasteiger charge is -2.16. The van der Waals surface area contributed by atoms with Gasteiger partial charge in [0.15, 0.2) is 16.0 Å². The van der Waals surface area contributed by atoms with E-state index in [4.69, 9.17) is 16.0 Å². The smallest absolute Gasteiger partial charge is 0.237 e. The molecule has 0 bridgehead atoms. The van der Waals surface area contributed by atoms with E-state index in [9.17, 15) is 9.59 Å². The predicted octanol–water partition coefficient (Wildman–Crippen LogP) is -0.716. The molecule has 2 rings (SSSR count). The van der Waals surface area contributed by atoms with Crippen LogP contribution >= 0.6 is 0 Å². The zero-order valence-corrected chi connectivity index (χ0v) is 14.1. The highest BCUT2D eigenvalue weighted by Gasteiger charge is 2.33. The molecule has 6 nitrogen and oxygen atoms in total. The molecule has 3 N–H and O–H groups in total. The number of hydrogen-bond donors (Lipinski definition) is 3. The Balaban J connectivity index is 0.00000102. The Bertz CT molecular complexity index is 334. The minimum absolute atomic E-state index is 0.0577. The van der Waals surface area contributed by atoms with Crippen LogP contribution in [-0.4, -0.2) is 70.2 Å².